The van der Waals surface area contributed by atoms with Gasteiger partial charge in [0.1, 0.15) is 6.33 Å². The van der Waals surface area contributed by atoms with Crippen LogP contribution >= 0.6 is 0 Å². The van der Waals surface area contributed by atoms with Crippen molar-refractivity contribution in [3.8, 4) is 0 Å². The van der Waals surface area contributed by atoms with Gasteiger partial charge in [-0.3, -0.25) is 25.8 Å². The van der Waals surface area contributed by atoms with Crippen LogP contribution in [0.15, 0.2) is 41.8 Å². The van der Waals surface area contributed by atoms with Crippen LogP contribution in [0.5, 0.6) is 0 Å². The third kappa shape index (κ3) is 3.36. The van der Waals surface area contributed by atoms with Crippen LogP contribution in [0.4, 0.5) is 17.3 Å². The number of nitrogens with zero attached hydrogens (tertiary/aromatic N) is 3. The van der Waals surface area contributed by atoms with E-state index in [4.69, 9.17) is 4.42 Å². The molecule has 0 atom stereocenters. The van der Waals surface area contributed by atoms with Crippen LogP contribution in [0.2, 0.25) is 0 Å². The Kier molecular flexibility index (Phi) is 4.65. The normalized spacial score (nSPS) is 9.82. The Morgan fingerprint density at radius 1 is 1.45 bits per heavy atom. The lowest BCUT2D eigenvalue weighted by atomic mass is 10.4. The summed E-state index contributed by atoms with van der Waals surface area (Å²) >= 11 is 0. The predicted octanol–water partition coefficient (Wildman–Crippen LogP) is 1.33. The molecule has 2 aromatic heterocycles. The molecule has 0 bridgehead atoms. The number of carbonyl (C=O) groups is 1. The van der Waals surface area contributed by atoms with Gasteiger partial charge in [-0.05, 0) is 12.1 Å². The average molecular weight is 304 g/mol. The molecule has 0 unspecified atom stereocenters. The Morgan fingerprint density at radius 3 is 2.86 bits per heavy atom. The molecular formula is C12H12N6O4. The summed E-state index contributed by atoms with van der Waals surface area (Å²) in [4.78, 5) is 29.8. The standard InChI is InChI=1S/C12H12N6O4/c1-2-5-13-10-9(18(20)21)11(15-7-14-10)16-17-12(19)8-4-3-6-22-8/h2-4,6-7H,1,5H2,(H,17,19)(H2,13,14,15,16). The number of nitro groups is 1. The lowest BCUT2D eigenvalue weighted by molar-refractivity contribution is -0.383. The minimum absolute atomic E-state index is 0.00893. The Balaban J connectivity index is 2.17. The van der Waals surface area contributed by atoms with E-state index in [1.165, 1.54) is 18.4 Å². The topological polar surface area (TPSA) is 135 Å². The first-order valence-corrected chi connectivity index (χ1v) is 6.07. The van der Waals surface area contributed by atoms with E-state index in [0.717, 1.165) is 6.33 Å². The number of hydrazine groups is 1. The Bertz CT molecular complexity index is 685. The van der Waals surface area contributed by atoms with Gasteiger partial charge in [0, 0.05) is 6.54 Å². The zero-order valence-corrected chi connectivity index (χ0v) is 11.3. The molecular weight excluding hydrogens is 292 g/mol. The Hall–Kier alpha value is -3.43. The average Bonchev–Trinajstić information content (AvgIpc) is 3.04. The number of hydrogen-bond acceptors (Lipinski definition) is 8. The monoisotopic (exact) mass is 304 g/mol. The third-order valence-corrected chi connectivity index (χ3v) is 2.46. The van der Waals surface area contributed by atoms with Crippen molar-refractivity contribution < 1.29 is 14.1 Å². The van der Waals surface area contributed by atoms with Crippen molar-refractivity contribution in [1.29, 1.82) is 0 Å². The molecule has 0 fully saturated rings. The van der Waals surface area contributed by atoms with Gasteiger partial charge >= 0.3 is 11.6 Å². The predicted molar refractivity (Wildman–Crippen MR) is 77.2 cm³/mol. The van der Waals surface area contributed by atoms with Crippen molar-refractivity contribution in [3.63, 3.8) is 0 Å². The van der Waals surface area contributed by atoms with Crippen molar-refractivity contribution in [3.05, 3.63) is 53.3 Å². The van der Waals surface area contributed by atoms with Crippen molar-refractivity contribution in [2.24, 2.45) is 0 Å². The number of hydrogen-bond donors (Lipinski definition) is 3. The summed E-state index contributed by atoms with van der Waals surface area (Å²) in [7, 11) is 0. The zero-order chi connectivity index (χ0) is 15.9. The number of carbonyl (C=O) groups excluding carboxylic acids is 1. The van der Waals surface area contributed by atoms with Gasteiger partial charge in [-0.2, -0.15) is 0 Å². The molecule has 0 aliphatic rings. The van der Waals surface area contributed by atoms with Gasteiger partial charge in [-0.1, -0.05) is 6.08 Å². The molecule has 3 N–H and O–H groups in total. The maximum Gasteiger partial charge on any atom is 0.354 e. The molecule has 22 heavy (non-hydrogen) atoms. The fraction of sp³-hybridized carbons (Fsp3) is 0.0833. The first kappa shape index (κ1) is 15.0. The number of furan rings is 1. The van der Waals surface area contributed by atoms with Crippen molar-refractivity contribution in [2.75, 3.05) is 17.3 Å². The maximum absolute atomic E-state index is 11.7. The summed E-state index contributed by atoms with van der Waals surface area (Å²) in [5.41, 5.74) is 4.24. The molecule has 0 saturated carbocycles. The highest BCUT2D eigenvalue weighted by Crippen LogP contribution is 2.28. The van der Waals surface area contributed by atoms with Crippen LogP contribution < -0.4 is 16.2 Å². The second kappa shape index (κ2) is 6.83. The molecule has 10 nitrogen and oxygen atoms in total. The van der Waals surface area contributed by atoms with Crippen LogP contribution in [0, 0.1) is 10.1 Å². The van der Waals surface area contributed by atoms with Crippen LogP contribution in [0.25, 0.3) is 0 Å². The number of amides is 1. The fourth-order valence-electron chi connectivity index (χ4n) is 1.53. The number of aromatic nitrogens is 2. The van der Waals surface area contributed by atoms with E-state index in [-0.39, 0.29) is 23.9 Å². The van der Waals surface area contributed by atoms with Gasteiger partial charge in [0.15, 0.2) is 5.76 Å². The summed E-state index contributed by atoms with van der Waals surface area (Å²) in [6, 6.07) is 2.99. The highest BCUT2D eigenvalue weighted by molar-refractivity contribution is 5.92. The molecule has 0 aliphatic carbocycles. The maximum atomic E-state index is 11.7. The summed E-state index contributed by atoms with van der Waals surface area (Å²) < 4.78 is 4.90. The smallest absolute Gasteiger partial charge is 0.354 e. The Morgan fingerprint density at radius 2 is 2.23 bits per heavy atom. The largest absolute Gasteiger partial charge is 0.459 e. The Labute approximate surface area is 124 Å². The van der Waals surface area contributed by atoms with Crippen LogP contribution in [-0.2, 0) is 0 Å². The van der Waals surface area contributed by atoms with Crippen LogP contribution in [0.1, 0.15) is 10.6 Å². The van der Waals surface area contributed by atoms with Crippen molar-refractivity contribution >= 4 is 23.2 Å². The highest BCUT2D eigenvalue weighted by atomic mass is 16.6. The zero-order valence-electron chi connectivity index (χ0n) is 11.3. The lowest BCUT2D eigenvalue weighted by Crippen LogP contribution is -2.30. The van der Waals surface area contributed by atoms with Gasteiger partial charge < -0.3 is 9.73 Å². The molecule has 1 amide bonds. The second-order valence-corrected chi connectivity index (χ2v) is 3.90. The number of anilines is 2. The molecule has 0 saturated heterocycles. The molecule has 10 heteroatoms. The summed E-state index contributed by atoms with van der Waals surface area (Å²) in [5, 5.41) is 13.9. The highest BCUT2D eigenvalue weighted by Gasteiger charge is 2.23. The van der Waals surface area contributed by atoms with E-state index in [1.54, 1.807) is 6.07 Å². The first-order valence-electron chi connectivity index (χ1n) is 6.07. The lowest BCUT2D eigenvalue weighted by Gasteiger charge is -2.09. The van der Waals surface area contributed by atoms with E-state index in [2.05, 4.69) is 32.7 Å². The van der Waals surface area contributed by atoms with Crippen molar-refractivity contribution in [1.82, 2.24) is 15.4 Å². The summed E-state index contributed by atoms with van der Waals surface area (Å²) in [6.07, 6.45) is 3.98. The summed E-state index contributed by atoms with van der Waals surface area (Å²) in [5.74, 6) is -0.700. The van der Waals surface area contributed by atoms with E-state index in [9.17, 15) is 14.9 Å². The number of rotatable bonds is 7. The SMILES string of the molecule is C=CCNc1ncnc(NNC(=O)c2ccco2)c1[N+](=O)[O-]. The fourth-order valence-corrected chi connectivity index (χ4v) is 1.53. The molecule has 2 heterocycles. The second-order valence-electron chi connectivity index (χ2n) is 3.90. The van der Waals surface area contributed by atoms with Gasteiger partial charge in [-0.25, -0.2) is 9.97 Å². The van der Waals surface area contributed by atoms with Crippen LogP contribution in [-0.4, -0.2) is 27.3 Å². The molecule has 0 radical (unpaired) electrons. The quantitative estimate of drug-likeness (QED) is 0.396. The molecule has 2 aromatic rings. The van der Waals surface area contributed by atoms with Crippen LogP contribution in [0.3, 0.4) is 0 Å². The molecule has 0 aliphatic heterocycles. The third-order valence-electron chi connectivity index (χ3n) is 2.46. The van der Waals surface area contributed by atoms with E-state index in [1.807, 2.05) is 0 Å². The van der Waals surface area contributed by atoms with Gasteiger partial charge in [0.05, 0.1) is 11.2 Å². The minimum Gasteiger partial charge on any atom is -0.459 e. The molecule has 114 valence electrons. The van der Waals surface area contributed by atoms with E-state index >= 15 is 0 Å². The summed E-state index contributed by atoms with van der Waals surface area (Å²) in [6.45, 7) is 3.79. The van der Waals surface area contributed by atoms with Gasteiger partial charge in [0.2, 0.25) is 11.6 Å². The number of nitrogens with one attached hydrogen (secondary N) is 3. The molecule has 0 spiro atoms. The first-order chi connectivity index (χ1) is 10.6. The molecule has 2 rings (SSSR count). The minimum atomic E-state index is -0.660. The van der Waals surface area contributed by atoms with Crippen molar-refractivity contribution in [2.45, 2.75) is 0 Å². The van der Waals surface area contributed by atoms with Gasteiger partial charge in [0.25, 0.3) is 0 Å². The van der Waals surface area contributed by atoms with E-state index < -0.39 is 16.5 Å². The van der Waals surface area contributed by atoms with E-state index in [0.29, 0.717) is 0 Å². The van der Waals surface area contributed by atoms with Gasteiger partial charge in [-0.15, -0.1) is 6.58 Å². The molecule has 0 aromatic carbocycles.